The van der Waals surface area contributed by atoms with Crippen LogP contribution in [0.1, 0.15) is 24.1 Å². The summed E-state index contributed by atoms with van der Waals surface area (Å²) in [5.41, 5.74) is 2.11. The minimum absolute atomic E-state index is 0.205. The first-order valence-electron chi connectivity index (χ1n) is 8.33. The van der Waals surface area contributed by atoms with Crippen LogP contribution in [0.15, 0.2) is 66.1 Å². The quantitative estimate of drug-likeness (QED) is 0.409. The lowest BCUT2D eigenvalue weighted by atomic mass is 9.93. The molecule has 1 atom stereocenters. The number of anilines is 1. The number of nitro groups is 1. The SMILES string of the molecule is CO/C(=C1/C(C)=C(Nc2ccncc2)NC(C(=O)O)c2ccccc21)[N+](=O)[O-]. The molecule has 3 rings (SSSR count). The van der Waals surface area contributed by atoms with Crippen molar-refractivity contribution >= 4 is 17.2 Å². The number of pyridine rings is 1. The van der Waals surface area contributed by atoms with Crippen molar-refractivity contribution in [3.63, 3.8) is 0 Å². The molecule has 1 aromatic carbocycles. The molecule has 28 heavy (non-hydrogen) atoms. The van der Waals surface area contributed by atoms with Gasteiger partial charge < -0.3 is 20.5 Å². The van der Waals surface area contributed by atoms with Crippen LogP contribution < -0.4 is 10.6 Å². The average Bonchev–Trinajstić information content (AvgIpc) is 2.80. The number of fused-ring (bicyclic) bond motifs is 1. The van der Waals surface area contributed by atoms with Crippen molar-refractivity contribution in [3.05, 3.63) is 87.3 Å². The number of hydrogen-bond acceptors (Lipinski definition) is 7. The van der Waals surface area contributed by atoms with Crippen molar-refractivity contribution in [1.29, 1.82) is 0 Å². The molecule has 2 heterocycles. The van der Waals surface area contributed by atoms with Gasteiger partial charge in [0.1, 0.15) is 16.3 Å². The van der Waals surface area contributed by atoms with E-state index in [1.165, 1.54) is 7.11 Å². The van der Waals surface area contributed by atoms with Gasteiger partial charge in [0.25, 0.3) is 0 Å². The molecule has 0 radical (unpaired) electrons. The van der Waals surface area contributed by atoms with Crippen LogP contribution >= 0.6 is 0 Å². The van der Waals surface area contributed by atoms with E-state index in [1.54, 1.807) is 55.7 Å². The summed E-state index contributed by atoms with van der Waals surface area (Å²) in [7, 11) is 1.21. The maximum absolute atomic E-state index is 12.0. The maximum atomic E-state index is 12.0. The van der Waals surface area contributed by atoms with Gasteiger partial charge in [0, 0.05) is 23.7 Å². The van der Waals surface area contributed by atoms with Gasteiger partial charge >= 0.3 is 11.9 Å². The van der Waals surface area contributed by atoms with Crippen LogP contribution in [-0.2, 0) is 9.53 Å². The van der Waals surface area contributed by atoms with E-state index in [4.69, 9.17) is 4.74 Å². The van der Waals surface area contributed by atoms with Crippen LogP contribution in [0, 0.1) is 10.1 Å². The fourth-order valence-electron chi connectivity index (χ4n) is 3.08. The van der Waals surface area contributed by atoms with Crippen molar-refractivity contribution in [2.45, 2.75) is 13.0 Å². The number of nitrogens with one attached hydrogen (secondary N) is 2. The monoisotopic (exact) mass is 382 g/mol. The topological polar surface area (TPSA) is 127 Å². The smallest absolute Gasteiger partial charge is 0.436 e. The highest BCUT2D eigenvalue weighted by Gasteiger charge is 2.34. The second kappa shape index (κ2) is 7.78. The number of carbonyl (C=O) groups is 1. The van der Waals surface area contributed by atoms with E-state index in [0.717, 1.165) is 0 Å². The van der Waals surface area contributed by atoms with E-state index in [0.29, 0.717) is 28.2 Å². The summed E-state index contributed by atoms with van der Waals surface area (Å²) in [5.74, 6) is -1.26. The Labute approximate surface area is 160 Å². The summed E-state index contributed by atoms with van der Waals surface area (Å²) < 4.78 is 5.06. The maximum Gasteiger partial charge on any atom is 0.436 e. The second-order valence-corrected chi connectivity index (χ2v) is 6.01. The number of carboxylic acid groups (broad SMARTS) is 1. The Hall–Kier alpha value is -3.88. The van der Waals surface area contributed by atoms with Crippen molar-refractivity contribution in [1.82, 2.24) is 10.3 Å². The predicted molar refractivity (Wildman–Crippen MR) is 101 cm³/mol. The summed E-state index contributed by atoms with van der Waals surface area (Å²) in [6, 6.07) is 8.93. The summed E-state index contributed by atoms with van der Waals surface area (Å²) in [6.45, 7) is 1.66. The van der Waals surface area contributed by atoms with Gasteiger partial charge in [-0.15, -0.1) is 0 Å². The molecule has 9 heteroatoms. The van der Waals surface area contributed by atoms with Crippen molar-refractivity contribution < 1.29 is 19.6 Å². The average molecular weight is 382 g/mol. The molecule has 1 unspecified atom stereocenters. The minimum atomic E-state index is -1.12. The Kier molecular flexibility index (Phi) is 5.25. The Morgan fingerprint density at radius 2 is 1.96 bits per heavy atom. The van der Waals surface area contributed by atoms with Crippen molar-refractivity contribution in [3.8, 4) is 0 Å². The number of hydrogen-bond donors (Lipinski definition) is 3. The molecule has 0 aliphatic carbocycles. The fraction of sp³-hybridized carbons (Fsp3) is 0.158. The Morgan fingerprint density at radius 1 is 1.29 bits per heavy atom. The third-order valence-corrected chi connectivity index (χ3v) is 4.35. The number of rotatable bonds is 5. The number of nitrogens with zero attached hydrogens (tertiary/aromatic N) is 2. The minimum Gasteiger partial charge on any atom is -0.479 e. The Balaban J connectivity index is 2.28. The molecule has 0 spiro atoms. The van der Waals surface area contributed by atoms with Crippen LogP contribution in [0.5, 0.6) is 0 Å². The molecule has 0 amide bonds. The molecule has 0 fully saturated rings. The first kappa shape index (κ1) is 18.9. The van der Waals surface area contributed by atoms with E-state index >= 15 is 0 Å². The number of aromatic nitrogens is 1. The summed E-state index contributed by atoms with van der Waals surface area (Å²) in [4.78, 5) is 26.9. The highest BCUT2D eigenvalue weighted by molar-refractivity contribution is 5.88. The summed E-state index contributed by atoms with van der Waals surface area (Å²) >= 11 is 0. The summed E-state index contributed by atoms with van der Waals surface area (Å²) in [6.07, 6.45) is 3.15. The van der Waals surface area contributed by atoms with Crippen LogP contribution in [0.4, 0.5) is 5.69 Å². The molecule has 1 aliphatic rings. The van der Waals surface area contributed by atoms with Gasteiger partial charge in [0.2, 0.25) is 0 Å². The van der Waals surface area contributed by atoms with Crippen LogP contribution in [-0.4, -0.2) is 28.1 Å². The summed E-state index contributed by atoms with van der Waals surface area (Å²) in [5, 5.41) is 27.4. The lowest BCUT2D eigenvalue weighted by Gasteiger charge is -2.19. The predicted octanol–water partition coefficient (Wildman–Crippen LogP) is 2.75. The number of allylic oxidation sites excluding steroid dienone is 2. The van der Waals surface area contributed by atoms with E-state index in [9.17, 15) is 20.0 Å². The van der Waals surface area contributed by atoms with Gasteiger partial charge in [0.05, 0.1) is 7.11 Å². The molecule has 1 aromatic heterocycles. The molecule has 9 nitrogen and oxygen atoms in total. The zero-order chi connectivity index (χ0) is 20.3. The van der Waals surface area contributed by atoms with Gasteiger partial charge in [-0.05, 0) is 30.2 Å². The van der Waals surface area contributed by atoms with Gasteiger partial charge in [-0.3, -0.25) is 15.1 Å². The van der Waals surface area contributed by atoms with Crippen LogP contribution in [0.2, 0.25) is 0 Å². The van der Waals surface area contributed by atoms with Crippen LogP contribution in [0.3, 0.4) is 0 Å². The second-order valence-electron chi connectivity index (χ2n) is 6.01. The van der Waals surface area contributed by atoms with Crippen molar-refractivity contribution in [2.24, 2.45) is 0 Å². The standard InChI is InChI=1S/C19H18N4O5/c1-11-15(18(28-2)23(26)27)13-5-3-4-6-14(13)16(19(24)25)22-17(11)21-12-7-9-20-10-8-12/h3-10,16,22H,1-2H3,(H,20,21)(H,24,25)/b18-15-. The van der Waals surface area contributed by atoms with E-state index < -0.39 is 22.8 Å². The van der Waals surface area contributed by atoms with Gasteiger partial charge in [-0.25, -0.2) is 4.79 Å². The molecule has 144 valence electrons. The van der Waals surface area contributed by atoms with E-state index in [2.05, 4.69) is 15.6 Å². The molecule has 0 saturated heterocycles. The zero-order valence-corrected chi connectivity index (χ0v) is 15.2. The third-order valence-electron chi connectivity index (χ3n) is 4.35. The molecular weight excluding hydrogens is 364 g/mol. The first-order valence-corrected chi connectivity index (χ1v) is 8.33. The third kappa shape index (κ3) is 3.50. The highest BCUT2D eigenvalue weighted by atomic mass is 16.7. The number of benzene rings is 1. The number of ether oxygens (including phenoxy) is 1. The molecule has 2 aromatic rings. The van der Waals surface area contributed by atoms with Crippen LogP contribution in [0.25, 0.3) is 5.57 Å². The van der Waals surface area contributed by atoms with Crippen molar-refractivity contribution in [2.75, 3.05) is 12.4 Å². The zero-order valence-electron chi connectivity index (χ0n) is 15.2. The number of methoxy groups -OCH3 is 1. The molecule has 0 saturated carbocycles. The number of carboxylic acids is 1. The largest absolute Gasteiger partial charge is 0.479 e. The van der Waals surface area contributed by atoms with Gasteiger partial charge in [-0.2, -0.15) is 0 Å². The Morgan fingerprint density at radius 3 is 2.57 bits per heavy atom. The molecule has 1 aliphatic heterocycles. The van der Waals surface area contributed by atoms with Gasteiger partial charge in [-0.1, -0.05) is 24.3 Å². The van der Waals surface area contributed by atoms with E-state index in [-0.39, 0.29) is 5.57 Å². The lowest BCUT2D eigenvalue weighted by Crippen LogP contribution is -2.30. The first-order chi connectivity index (χ1) is 13.4. The lowest BCUT2D eigenvalue weighted by molar-refractivity contribution is -0.460. The molecular formula is C19H18N4O5. The van der Waals surface area contributed by atoms with E-state index in [1.807, 2.05) is 0 Å². The molecule has 3 N–H and O–H groups in total. The number of aliphatic carboxylic acids is 1. The highest BCUT2D eigenvalue weighted by Crippen LogP contribution is 2.37. The molecule has 0 bridgehead atoms. The fourth-order valence-corrected chi connectivity index (χ4v) is 3.08. The Bertz CT molecular complexity index is 985. The normalized spacial score (nSPS) is 17.7. The van der Waals surface area contributed by atoms with Gasteiger partial charge in [0.15, 0.2) is 6.04 Å².